The van der Waals surface area contributed by atoms with Crippen LogP contribution in [0.1, 0.15) is 57.4 Å². The van der Waals surface area contributed by atoms with E-state index in [1.807, 2.05) is 0 Å². The second kappa shape index (κ2) is 8.70. The van der Waals surface area contributed by atoms with E-state index in [0.717, 1.165) is 31.4 Å². The SMILES string of the molecule is CCCCCCCCC(=O)Nc1ccc(C(F)(F)F)cc1. The molecule has 0 aliphatic rings. The van der Waals surface area contributed by atoms with Gasteiger partial charge in [0.1, 0.15) is 0 Å². The molecule has 0 spiro atoms. The van der Waals surface area contributed by atoms with Crippen molar-refractivity contribution in [2.24, 2.45) is 0 Å². The minimum Gasteiger partial charge on any atom is -0.326 e. The fourth-order valence-electron chi connectivity index (χ4n) is 2.03. The van der Waals surface area contributed by atoms with E-state index in [-0.39, 0.29) is 5.91 Å². The van der Waals surface area contributed by atoms with Gasteiger partial charge in [-0.3, -0.25) is 4.79 Å². The maximum absolute atomic E-state index is 12.4. The molecule has 1 rings (SSSR count). The van der Waals surface area contributed by atoms with Gasteiger partial charge in [-0.25, -0.2) is 0 Å². The molecule has 0 heterocycles. The molecule has 21 heavy (non-hydrogen) atoms. The van der Waals surface area contributed by atoms with E-state index in [1.54, 1.807) is 0 Å². The van der Waals surface area contributed by atoms with Crippen molar-refractivity contribution >= 4 is 11.6 Å². The van der Waals surface area contributed by atoms with E-state index in [9.17, 15) is 18.0 Å². The summed E-state index contributed by atoms with van der Waals surface area (Å²) in [6.07, 6.45) is 2.62. The van der Waals surface area contributed by atoms with Crippen LogP contribution in [0.3, 0.4) is 0 Å². The number of nitrogens with one attached hydrogen (secondary N) is 1. The Balaban J connectivity index is 2.28. The van der Waals surface area contributed by atoms with Gasteiger partial charge in [-0.1, -0.05) is 39.0 Å². The van der Waals surface area contributed by atoms with Crippen molar-refractivity contribution in [3.8, 4) is 0 Å². The van der Waals surface area contributed by atoms with Crippen molar-refractivity contribution < 1.29 is 18.0 Å². The number of hydrogen-bond acceptors (Lipinski definition) is 1. The molecule has 0 fully saturated rings. The summed E-state index contributed by atoms with van der Waals surface area (Å²) in [5, 5.41) is 2.62. The Morgan fingerprint density at radius 2 is 1.57 bits per heavy atom. The third-order valence-electron chi connectivity index (χ3n) is 3.25. The molecule has 1 N–H and O–H groups in total. The lowest BCUT2D eigenvalue weighted by molar-refractivity contribution is -0.137. The predicted octanol–water partition coefficient (Wildman–Crippen LogP) is 5.39. The molecule has 0 radical (unpaired) electrons. The number of alkyl halides is 3. The lowest BCUT2D eigenvalue weighted by atomic mass is 10.1. The van der Waals surface area contributed by atoms with Crippen LogP contribution in [-0.4, -0.2) is 5.91 Å². The topological polar surface area (TPSA) is 29.1 Å². The minimum atomic E-state index is -4.35. The average molecular weight is 301 g/mol. The quantitative estimate of drug-likeness (QED) is 0.640. The molecule has 5 heteroatoms. The number of anilines is 1. The van der Waals surface area contributed by atoms with Gasteiger partial charge in [0, 0.05) is 12.1 Å². The molecule has 1 aromatic rings. The number of rotatable bonds is 8. The first-order valence-electron chi connectivity index (χ1n) is 7.40. The van der Waals surface area contributed by atoms with Gasteiger partial charge in [-0.05, 0) is 30.7 Å². The van der Waals surface area contributed by atoms with Crippen LogP contribution < -0.4 is 5.32 Å². The first-order valence-corrected chi connectivity index (χ1v) is 7.40. The zero-order valence-corrected chi connectivity index (χ0v) is 12.3. The molecular weight excluding hydrogens is 279 g/mol. The van der Waals surface area contributed by atoms with Gasteiger partial charge >= 0.3 is 6.18 Å². The lowest BCUT2D eigenvalue weighted by Gasteiger charge is -2.08. The van der Waals surface area contributed by atoms with E-state index >= 15 is 0 Å². The molecule has 0 unspecified atom stereocenters. The highest BCUT2D eigenvalue weighted by Crippen LogP contribution is 2.29. The van der Waals surface area contributed by atoms with Crippen LogP contribution in [0.25, 0.3) is 0 Å². The Bertz CT molecular complexity index is 426. The molecule has 0 bridgehead atoms. The molecule has 0 aromatic heterocycles. The number of amides is 1. The van der Waals surface area contributed by atoms with Crippen molar-refractivity contribution in [2.75, 3.05) is 5.32 Å². The van der Waals surface area contributed by atoms with Crippen molar-refractivity contribution in [1.29, 1.82) is 0 Å². The molecular formula is C16H22F3NO. The lowest BCUT2D eigenvalue weighted by Crippen LogP contribution is -2.11. The highest BCUT2D eigenvalue weighted by molar-refractivity contribution is 5.90. The summed E-state index contributed by atoms with van der Waals surface area (Å²) >= 11 is 0. The minimum absolute atomic E-state index is 0.148. The fraction of sp³-hybridized carbons (Fsp3) is 0.562. The van der Waals surface area contributed by atoms with E-state index in [0.29, 0.717) is 12.1 Å². The Kier molecular flexibility index (Phi) is 7.26. The third kappa shape index (κ3) is 7.16. The predicted molar refractivity (Wildman–Crippen MR) is 78.1 cm³/mol. The summed E-state index contributed by atoms with van der Waals surface area (Å²) in [4.78, 5) is 11.6. The molecule has 0 saturated carbocycles. The number of carbonyl (C=O) groups excluding carboxylic acids is 1. The highest BCUT2D eigenvalue weighted by atomic mass is 19.4. The van der Waals surface area contributed by atoms with E-state index in [2.05, 4.69) is 12.2 Å². The number of hydrogen-bond donors (Lipinski definition) is 1. The van der Waals surface area contributed by atoms with Crippen LogP contribution in [0.15, 0.2) is 24.3 Å². The average Bonchev–Trinajstić information content (AvgIpc) is 2.42. The molecule has 0 saturated heterocycles. The number of benzene rings is 1. The maximum atomic E-state index is 12.4. The molecule has 1 aromatic carbocycles. The third-order valence-corrected chi connectivity index (χ3v) is 3.25. The zero-order chi connectivity index (χ0) is 15.7. The first-order chi connectivity index (χ1) is 9.93. The van der Waals surface area contributed by atoms with Crippen LogP contribution >= 0.6 is 0 Å². The van der Waals surface area contributed by atoms with Crippen LogP contribution in [-0.2, 0) is 11.0 Å². The van der Waals surface area contributed by atoms with Crippen LogP contribution in [0, 0.1) is 0 Å². The van der Waals surface area contributed by atoms with Gasteiger partial charge in [-0.15, -0.1) is 0 Å². The van der Waals surface area contributed by atoms with Gasteiger partial charge in [0.15, 0.2) is 0 Å². The monoisotopic (exact) mass is 301 g/mol. The normalized spacial score (nSPS) is 11.4. The van der Waals surface area contributed by atoms with E-state index in [4.69, 9.17) is 0 Å². The second-order valence-electron chi connectivity index (χ2n) is 5.14. The highest BCUT2D eigenvalue weighted by Gasteiger charge is 2.29. The maximum Gasteiger partial charge on any atom is 0.416 e. The van der Waals surface area contributed by atoms with Crippen molar-refractivity contribution in [2.45, 2.75) is 58.0 Å². The molecule has 1 amide bonds. The number of halogens is 3. The zero-order valence-electron chi connectivity index (χ0n) is 12.3. The van der Waals surface area contributed by atoms with E-state index in [1.165, 1.54) is 31.4 Å². The summed E-state index contributed by atoms with van der Waals surface area (Å²) in [6, 6.07) is 4.50. The summed E-state index contributed by atoms with van der Waals surface area (Å²) < 4.78 is 37.2. The van der Waals surface area contributed by atoms with Crippen LogP contribution in [0.2, 0.25) is 0 Å². The molecule has 0 atom stereocenters. The van der Waals surface area contributed by atoms with Gasteiger partial charge in [-0.2, -0.15) is 13.2 Å². The molecule has 2 nitrogen and oxygen atoms in total. The summed E-state index contributed by atoms with van der Waals surface area (Å²) in [6.45, 7) is 2.15. The van der Waals surface area contributed by atoms with Gasteiger partial charge < -0.3 is 5.32 Å². The van der Waals surface area contributed by atoms with Gasteiger partial charge in [0.2, 0.25) is 5.91 Å². The molecule has 0 aliphatic heterocycles. The second-order valence-corrected chi connectivity index (χ2v) is 5.14. The fourth-order valence-corrected chi connectivity index (χ4v) is 2.03. The van der Waals surface area contributed by atoms with Crippen molar-refractivity contribution in [3.63, 3.8) is 0 Å². The summed E-state index contributed by atoms with van der Waals surface area (Å²) in [5.74, 6) is -0.148. The summed E-state index contributed by atoms with van der Waals surface area (Å²) in [5.41, 5.74) is -0.310. The Hall–Kier alpha value is -1.52. The smallest absolute Gasteiger partial charge is 0.326 e. The van der Waals surface area contributed by atoms with Crippen molar-refractivity contribution in [3.05, 3.63) is 29.8 Å². The van der Waals surface area contributed by atoms with Crippen molar-refractivity contribution in [1.82, 2.24) is 0 Å². The van der Waals surface area contributed by atoms with E-state index < -0.39 is 11.7 Å². The summed E-state index contributed by atoms with van der Waals surface area (Å²) in [7, 11) is 0. The Morgan fingerprint density at radius 1 is 1.00 bits per heavy atom. The van der Waals surface area contributed by atoms with Gasteiger partial charge in [0.05, 0.1) is 5.56 Å². The Labute approximate surface area is 123 Å². The number of unbranched alkanes of at least 4 members (excludes halogenated alkanes) is 5. The Morgan fingerprint density at radius 3 is 2.14 bits per heavy atom. The van der Waals surface area contributed by atoms with Crippen LogP contribution in [0.5, 0.6) is 0 Å². The standard InChI is InChI=1S/C16H22F3NO/c1-2-3-4-5-6-7-8-15(21)20-14-11-9-13(10-12-14)16(17,18)19/h9-12H,2-8H2,1H3,(H,20,21). The first kappa shape index (κ1) is 17.5. The largest absolute Gasteiger partial charge is 0.416 e. The number of carbonyl (C=O) groups is 1. The molecule has 118 valence electrons. The molecule has 0 aliphatic carbocycles. The van der Waals surface area contributed by atoms with Crippen LogP contribution in [0.4, 0.5) is 18.9 Å². The van der Waals surface area contributed by atoms with Gasteiger partial charge in [0.25, 0.3) is 0 Å².